The summed E-state index contributed by atoms with van der Waals surface area (Å²) in [6.07, 6.45) is -0.405. The Bertz CT molecular complexity index is 296. The van der Waals surface area contributed by atoms with Crippen molar-refractivity contribution in [3.63, 3.8) is 0 Å². The maximum atomic E-state index is 11.8. The molecule has 3 atom stereocenters. The number of carboxylic acid groups (broad SMARTS) is 1. The number of hydrogen-bond donors (Lipinski definition) is 3. The van der Waals surface area contributed by atoms with Crippen molar-refractivity contribution >= 4 is 12.0 Å². The van der Waals surface area contributed by atoms with Crippen molar-refractivity contribution in [2.45, 2.75) is 32.0 Å². The number of nitrogens with zero attached hydrogens (tertiary/aromatic N) is 1. The Hall–Kier alpha value is -1.34. The van der Waals surface area contributed by atoms with Gasteiger partial charge in [-0.2, -0.15) is 0 Å². The van der Waals surface area contributed by atoms with Crippen LogP contribution in [0, 0.1) is 0 Å². The van der Waals surface area contributed by atoms with Crippen molar-refractivity contribution in [2.24, 2.45) is 0 Å². The quantitative estimate of drug-likeness (QED) is 0.608. The van der Waals surface area contributed by atoms with Crippen LogP contribution in [-0.4, -0.2) is 65.1 Å². The first-order valence-electron chi connectivity index (χ1n) is 5.48. The number of morpholine rings is 1. The Labute approximate surface area is 99.4 Å². The Balaban J connectivity index is 2.57. The van der Waals surface area contributed by atoms with Gasteiger partial charge in [0.05, 0.1) is 31.9 Å². The molecular weight excluding hydrogens is 228 g/mol. The lowest BCUT2D eigenvalue weighted by atomic mass is 10.2. The second kappa shape index (κ2) is 5.83. The lowest BCUT2D eigenvalue weighted by molar-refractivity contribution is -0.138. The van der Waals surface area contributed by atoms with Gasteiger partial charge in [0.1, 0.15) is 6.04 Å². The van der Waals surface area contributed by atoms with Gasteiger partial charge in [-0.25, -0.2) is 4.79 Å². The molecule has 1 rings (SSSR count). The molecule has 0 bridgehead atoms. The fourth-order valence-electron chi connectivity index (χ4n) is 1.54. The number of aliphatic hydroxyl groups excluding tert-OH is 1. The Morgan fingerprint density at radius 2 is 2.24 bits per heavy atom. The number of aliphatic carboxylic acids is 1. The maximum Gasteiger partial charge on any atom is 0.325 e. The molecule has 2 amide bonds. The summed E-state index contributed by atoms with van der Waals surface area (Å²) in [5, 5.41) is 20.0. The van der Waals surface area contributed by atoms with E-state index >= 15 is 0 Å². The Morgan fingerprint density at radius 3 is 2.76 bits per heavy atom. The number of ether oxygens (including phenoxy) is 1. The Kier molecular flexibility index (Phi) is 4.71. The molecule has 1 saturated heterocycles. The van der Waals surface area contributed by atoms with Gasteiger partial charge >= 0.3 is 12.0 Å². The highest BCUT2D eigenvalue weighted by atomic mass is 16.5. The van der Waals surface area contributed by atoms with Crippen molar-refractivity contribution in [3.8, 4) is 0 Å². The summed E-state index contributed by atoms with van der Waals surface area (Å²) >= 11 is 0. The SMILES string of the molecule is CC(NC(=O)N1CC(CO)OCC1C)C(=O)O. The van der Waals surface area contributed by atoms with E-state index in [1.807, 2.05) is 0 Å². The average molecular weight is 246 g/mol. The predicted molar refractivity (Wildman–Crippen MR) is 58.6 cm³/mol. The van der Waals surface area contributed by atoms with E-state index in [-0.39, 0.29) is 19.2 Å². The first-order chi connectivity index (χ1) is 7.95. The van der Waals surface area contributed by atoms with E-state index in [0.717, 1.165) is 0 Å². The van der Waals surface area contributed by atoms with Gasteiger partial charge in [-0.05, 0) is 13.8 Å². The van der Waals surface area contributed by atoms with Crippen LogP contribution in [-0.2, 0) is 9.53 Å². The summed E-state index contributed by atoms with van der Waals surface area (Å²) in [5.41, 5.74) is 0. The van der Waals surface area contributed by atoms with Gasteiger partial charge in [-0.3, -0.25) is 4.79 Å². The molecule has 17 heavy (non-hydrogen) atoms. The zero-order valence-electron chi connectivity index (χ0n) is 9.92. The molecule has 1 aliphatic rings. The number of urea groups is 1. The maximum absolute atomic E-state index is 11.8. The predicted octanol–water partition coefficient (Wildman–Crippen LogP) is -0.749. The fourth-order valence-corrected chi connectivity index (χ4v) is 1.54. The van der Waals surface area contributed by atoms with E-state index in [0.29, 0.717) is 6.61 Å². The van der Waals surface area contributed by atoms with Gasteiger partial charge in [0.2, 0.25) is 0 Å². The summed E-state index contributed by atoms with van der Waals surface area (Å²) in [7, 11) is 0. The molecular formula is C10H18N2O5. The van der Waals surface area contributed by atoms with E-state index in [1.54, 1.807) is 6.92 Å². The molecule has 3 N–H and O–H groups in total. The minimum Gasteiger partial charge on any atom is -0.480 e. The topological polar surface area (TPSA) is 99.1 Å². The number of carboxylic acids is 1. The van der Waals surface area contributed by atoms with Crippen molar-refractivity contribution in [1.82, 2.24) is 10.2 Å². The highest BCUT2D eigenvalue weighted by Crippen LogP contribution is 2.11. The average Bonchev–Trinajstić information content (AvgIpc) is 2.29. The first-order valence-corrected chi connectivity index (χ1v) is 5.48. The third-order valence-corrected chi connectivity index (χ3v) is 2.68. The number of amides is 2. The van der Waals surface area contributed by atoms with Gasteiger partial charge < -0.3 is 25.2 Å². The molecule has 1 heterocycles. The summed E-state index contributed by atoms with van der Waals surface area (Å²) < 4.78 is 5.28. The van der Waals surface area contributed by atoms with E-state index in [4.69, 9.17) is 14.9 Å². The van der Waals surface area contributed by atoms with Crippen LogP contribution in [0.25, 0.3) is 0 Å². The molecule has 7 nitrogen and oxygen atoms in total. The third kappa shape index (κ3) is 3.57. The molecule has 7 heteroatoms. The lowest BCUT2D eigenvalue weighted by Gasteiger charge is -2.37. The smallest absolute Gasteiger partial charge is 0.325 e. The van der Waals surface area contributed by atoms with Crippen molar-refractivity contribution in [2.75, 3.05) is 19.8 Å². The molecule has 0 aromatic carbocycles. The van der Waals surface area contributed by atoms with E-state index in [1.165, 1.54) is 11.8 Å². The van der Waals surface area contributed by atoms with E-state index in [9.17, 15) is 9.59 Å². The van der Waals surface area contributed by atoms with Crippen molar-refractivity contribution in [1.29, 1.82) is 0 Å². The number of carbonyl (C=O) groups is 2. The monoisotopic (exact) mass is 246 g/mol. The number of hydrogen-bond acceptors (Lipinski definition) is 4. The highest BCUT2D eigenvalue weighted by molar-refractivity contribution is 5.82. The minimum atomic E-state index is -1.09. The first kappa shape index (κ1) is 13.7. The number of carbonyl (C=O) groups excluding carboxylic acids is 1. The van der Waals surface area contributed by atoms with Crippen LogP contribution < -0.4 is 5.32 Å². The second-order valence-corrected chi connectivity index (χ2v) is 4.15. The zero-order chi connectivity index (χ0) is 13.0. The van der Waals surface area contributed by atoms with Gasteiger partial charge in [-0.15, -0.1) is 0 Å². The van der Waals surface area contributed by atoms with Crippen molar-refractivity contribution < 1.29 is 24.5 Å². The van der Waals surface area contributed by atoms with Crippen LogP contribution in [0.15, 0.2) is 0 Å². The van der Waals surface area contributed by atoms with Gasteiger partial charge in [0, 0.05) is 0 Å². The Morgan fingerprint density at radius 1 is 1.59 bits per heavy atom. The van der Waals surface area contributed by atoms with Crippen molar-refractivity contribution in [3.05, 3.63) is 0 Å². The van der Waals surface area contributed by atoms with Gasteiger partial charge in [-0.1, -0.05) is 0 Å². The molecule has 0 aromatic heterocycles. The summed E-state index contributed by atoms with van der Waals surface area (Å²) in [4.78, 5) is 23.9. The van der Waals surface area contributed by atoms with Crippen LogP contribution in [0.1, 0.15) is 13.8 Å². The molecule has 1 aliphatic heterocycles. The minimum absolute atomic E-state index is 0.140. The molecule has 0 saturated carbocycles. The number of rotatable bonds is 3. The highest BCUT2D eigenvalue weighted by Gasteiger charge is 2.30. The second-order valence-electron chi connectivity index (χ2n) is 4.15. The normalized spacial score (nSPS) is 26.4. The van der Waals surface area contributed by atoms with Gasteiger partial charge in [0.25, 0.3) is 0 Å². The van der Waals surface area contributed by atoms with Crippen LogP contribution >= 0.6 is 0 Å². The molecule has 0 aliphatic carbocycles. The summed E-state index contributed by atoms with van der Waals surface area (Å²) in [5.74, 6) is -1.09. The molecule has 0 radical (unpaired) electrons. The standard InChI is InChI=1S/C10H18N2O5/c1-6-5-17-8(4-13)3-12(6)10(16)11-7(2)9(14)15/h6-8,13H,3-5H2,1-2H3,(H,11,16)(H,14,15). The molecule has 3 unspecified atom stereocenters. The summed E-state index contributed by atoms with van der Waals surface area (Å²) in [6.45, 7) is 3.63. The van der Waals surface area contributed by atoms with Crippen LogP contribution in [0.3, 0.4) is 0 Å². The van der Waals surface area contributed by atoms with Gasteiger partial charge in [0.15, 0.2) is 0 Å². The van der Waals surface area contributed by atoms with Crippen LogP contribution in [0.2, 0.25) is 0 Å². The zero-order valence-corrected chi connectivity index (χ0v) is 9.92. The van der Waals surface area contributed by atoms with Crippen LogP contribution in [0.4, 0.5) is 4.79 Å². The molecule has 0 aromatic rings. The number of nitrogens with one attached hydrogen (secondary N) is 1. The lowest BCUT2D eigenvalue weighted by Crippen LogP contribution is -2.57. The van der Waals surface area contributed by atoms with E-state index in [2.05, 4.69) is 5.32 Å². The largest absolute Gasteiger partial charge is 0.480 e. The molecule has 98 valence electrons. The van der Waals surface area contributed by atoms with E-state index < -0.39 is 24.1 Å². The molecule has 0 spiro atoms. The number of aliphatic hydroxyl groups is 1. The summed E-state index contributed by atoms with van der Waals surface area (Å²) in [6, 6.07) is -1.53. The van der Waals surface area contributed by atoms with Crippen LogP contribution in [0.5, 0.6) is 0 Å². The third-order valence-electron chi connectivity index (χ3n) is 2.68. The molecule has 1 fully saturated rings. The fraction of sp³-hybridized carbons (Fsp3) is 0.800.